The van der Waals surface area contributed by atoms with Crippen LogP contribution >= 0.6 is 0 Å². The molecule has 5 unspecified atom stereocenters. The third-order valence-electron chi connectivity index (χ3n) is 12.2. The van der Waals surface area contributed by atoms with Gasteiger partial charge in [0.05, 0.1) is 49.6 Å². The number of nitrogens with zero attached hydrogens (tertiary/aromatic N) is 1. The number of methoxy groups -OCH3 is 2. The summed E-state index contributed by atoms with van der Waals surface area (Å²) in [5.41, 5.74) is 0.736. The van der Waals surface area contributed by atoms with Gasteiger partial charge in [0.15, 0.2) is 24.5 Å². The lowest BCUT2D eigenvalue weighted by Gasteiger charge is -2.48. The summed E-state index contributed by atoms with van der Waals surface area (Å²) in [4.78, 5) is 54.0. The molecule has 0 aliphatic carbocycles. The van der Waals surface area contributed by atoms with E-state index in [2.05, 4.69) is 0 Å². The zero-order chi connectivity index (χ0) is 45.0. The minimum Gasteiger partial charge on any atom is -0.462 e. The Bertz CT molecular complexity index is 1450. The Kier molecular flexibility index (Phi) is 20.8. The van der Waals surface area contributed by atoms with Gasteiger partial charge in [-0.15, -0.1) is 0 Å². The fourth-order valence-electron chi connectivity index (χ4n) is 8.70. The maximum atomic E-state index is 13.8. The molecule has 0 aromatic rings. The van der Waals surface area contributed by atoms with Crippen molar-refractivity contribution in [3.8, 4) is 0 Å². The van der Waals surface area contributed by atoms with Crippen molar-refractivity contribution in [3.63, 3.8) is 0 Å². The number of aliphatic hydroxyl groups excluding tert-OH is 2. The van der Waals surface area contributed by atoms with E-state index >= 15 is 0 Å². The van der Waals surface area contributed by atoms with Crippen LogP contribution in [0.2, 0.25) is 0 Å². The molecule has 0 bridgehead atoms. The first-order valence-corrected chi connectivity index (χ1v) is 21.3. The molecule has 2 N–H and O–H groups in total. The van der Waals surface area contributed by atoms with Gasteiger partial charge in [0.1, 0.15) is 18.3 Å². The highest BCUT2D eigenvalue weighted by Gasteiger charge is 2.52. The predicted octanol–water partition coefficient (Wildman–Crippen LogP) is 3.77. The molecule has 3 rings (SSSR count). The van der Waals surface area contributed by atoms with Gasteiger partial charge in [-0.05, 0) is 66.1 Å². The normalized spacial score (nSPS) is 40.3. The Morgan fingerprint density at radius 1 is 0.850 bits per heavy atom. The standard InChI is InChI=1S/C44H73NO15/c1-14-35-32(22-54-43-42(53-13)39(52-12)25(4)27(6)55-43)19-23(2)15-16-33(49)24(3)20-31(17-18-46)38(26(5)34(50)21-36(51)59-35)60-44-41(58-30(9)48)37(45(10)11)40(28(7)56-44)57-29(8)47/h15-16,19,24-28,31-32,34-35,37-44,46,50H,14,17-18,20-22H2,1-13H3/b16-15+,23-19+/t24-,25-,26+,27?,28?,31+,32-,34-,35-,37?,38-,39+,40-,41?,42?,43-,44+/m1/s1. The fourth-order valence-corrected chi connectivity index (χ4v) is 8.70. The molecule has 0 aromatic carbocycles. The number of ketones is 1. The summed E-state index contributed by atoms with van der Waals surface area (Å²) in [6, 6.07) is -0.701. The van der Waals surface area contributed by atoms with Gasteiger partial charge in [-0.1, -0.05) is 45.4 Å². The van der Waals surface area contributed by atoms with Crippen LogP contribution in [0.15, 0.2) is 23.8 Å². The van der Waals surface area contributed by atoms with Gasteiger partial charge >= 0.3 is 17.9 Å². The first-order valence-electron chi connectivity index (χ1n) is 21.3. The second-order valence-electron chi connectivity index (χ2n) is 17.0. The molecule has 60 heavy (non-hydrogen) atoms. The minimum atomic E-state index is -1.31. The molecule has 0 aromatic heterocycles. The number of carbonyl (C=O) groups excluding carboxylic acids is 4. The number of carbonyl (C=O) groups is 4. The van der Waals surface area contributed by atoms with Crippen LogP contribution in [0.1, 0.15) is 88.0 Å². The largest absolute Gasteiger partial charge is 0.462 e. The van der Waals surface area contributed by atoms with Crippen LogP contribution in [0.4, 0.5) is 0 Å². The van der Waals surface area contributed by atoms with Gasteiger partial charge in [-0.25, -0.2) is 0 Å². The van der Waals surface area contributed by atoms with E-state index in [1.165, 1.54) is 19.9 Å². The summed E-state index contributed by atoms with van der Waals surface area (Å²) >= 11 is 0. The van der Waals surface area contributed by atoms with E-state index in [-0.39, 0.29) is 50.0 Å². The lowest BCUT2D eigenvalue weighted by Crippen LogP contribution is -2.65. The number of likely N-dealkylation sites (N-methyl/N-ethyl adjacent to an activating group) is 1. The minimum absolute atomic E-state index is 0.0421. The van der Waals surface area contributed by atoms with Gasteiger partial charge in [-0.3, -0.25) is 24.1 Å². The molecule has 3 heterocycles. The summed E-state index contributed by atoms with van der Waals surface area (Å²) in [5, 5.41) is 22.1. The summed E-state index contributed by atoms with van der Waals surface area (Å²) in [6.07, 6.45) is -3.04. The molecule has 2 fully saturated rings. The number of hydrogen-bond acceptors (Lipinski definition) is 16. The molecule has 16 nitrogen and oxygen atoms in total. The highest BCUT2D eigenvalue weighted by molar-refractivity contribution is 5.91. The molecule has 0 spiro atoms. The lowest BCUT2D eigenvalue weighted by molar-refractivity contribution is -0.308. The van der Waals surface area contributed by atoms with Crippen LogP contribution in [-0.2, 0) is 61.8 Å². The van der Waals surface area contributed by atoms with E-state index in [9.17, 15) is 29.4 Å². The Morgan fingerprint density at radius 3 is 2.03 bits per heavy atom. The zero-order valence-corrected chi connectivity index (χ0v) is 37.9. The van der Waals surface area contributed by atoms with E-state index in [0.29, 0.717) is 6.42 Å². The van der Waals surface area contributed by atoms with Gasteiger partial charge in [0, 0.05) is 58.3 Å². The van der Waals surface area contributed by atoms with E-state index in [0.717, 1.165) is 5.57 Å². The second-order valence-corrected chi connectivity index (χ2v) is 17.0. The monoisotopic (exact) mass is 855 g/mol. The average Bonchev–Trinajstić information content (AvgIpc) is 3.17. The van der Waals surface area contributed by atoms with Crippen molar-refractivity contribution in [3.05, 3.63) is 23.8 Å². The Balaban J connectivity index is 2.02. The molecule has 0 amide bonds. The fraction of sp³-hybridized carbons (Fsp3) is 0.818. The van der Waals surface area contributed by atoms with E-state index < -0.39 is 109 Å². The summed E-state index contributed by atoms with van der Waals surface area (Å²) in [6.45, 7) is 15.3. The molecular formula is C44H73NO15. The summed E-state index contributed by atoms with van der Waals surface area (Å²) in [5.74, 6) is -4.31. The van der Waals surface area contributed by atoms with Crippen molar-refractivity contribution < 1.29 is 72.0 Å². The van der Waals surface area contributed by atoms with Crippen LogP contribution in [-0.4, -0.2) is 154 Å². The zero-order valence-electron chi connectivity index (χ0n) is 37.9. The number of aliphatic hydroxyl groups is 2. The Hall–Kier alpha value is -2.80. The topological polar surface area (TPSA) is 195 Å². The third kappa shape index (κ3) is 13.9. The molecule has 0 saturated carbocycles. The number of ether oxygens (including phenoxy) is 9. The maximum Gasteiger partial charge on any atom is 0.308 e. The van der Waals surface area contributed by atoms with Crippen molar-refractivity contribution in [2.45, 2.75) is 162 Å². The number of rotatable bonds is 13. The van der Waals surface area contributed by atoms with Crippen molar-refractivity contribution >= 4 is 23.7 Å². The molecule has 17 atom stereocenters. The molecule has 344 valence electrons. The van der Waals surface area contributed by atoms with Crippen LogP contribution in [0.25, 0.3) is 0 Å². The molecule has 0 radical (unpaired) electrons. The second kappa shape index (κ2) is 24.2. The smallest absolute Gasteiger partial charge is 0.308 e. The molecule has 3 aliphatic heterocycles. The average molecular weight is 856 g/mol. The molecule has 2 saturated heterocycles. The van der Waals surface area contributed by atoms with Gasteiger partial charge in [0.2, 0.25) is 0 Å². The van der Waals surface area contributed by atoms with Crippen LogP contribution < -0.4 is 0 Å². The van der Waals surface area contributed by atoms with Crippen molar-refractivity contribution in [2.24, 2.45) is 29.6 Å². The number of hydrogen-bond donors (Lipinski definition) is 2. The first-order chi connectivity index (χ1) is 28.3. The van der Waals surface area contributed by atoms with Gasteiger partial charge < -0.3 is 52.8 Å². The Morgan fingerprint density at radius 2 is 1.47 bits per heavy atom. The highest BCUT2D eigenvalue weighted by Crippen LogP contribution is 2.37. The van der Waals surface area contributed by atoms with Gasteiger partial charge in [0.25, 0.3) is 0 Å². The van der Waals surface area contributed by atoms with Crippen molar-refractivity contribution in [2.75, 3.05) is 41.5 Å². The highest BCUT2D eigenvalue weighted by atomic mass is 16.7. The Labute approximate surface area is 356 Å². The number of cyclic esters (lactones) is 1. The van der Waals surface area contributed by atoms with Crippen LogP contribution in [0, 0.1) is 29.6 Å². The predicted molar refractivity (Wildman–Crippen MR) is 219 cm³/mol. The summed E-state index contributed by atoms with van der Waals surface area (Å²) < 4.78 is 54.8. The van der Waals surface area contributed by atoms with E-state index in [4.69, 9.17) is 42.6 Å². The third-order valence-corrected chi connectivity index (χ3v) is 12.2. The molecule has 16 heteroatoms. The van der Waals surface area contributed by atoms with Crippen molar-refractivity contribution in [1.82, 2.24) is 4.90 Å². The quantitative estimate of drug-likeness (QED) is 0.201. The summed E-state index contributed by atoms with van der Waals surface area (Å²) in [7, 11) is 6.70. The van der Waals surface area contributed by atoms with E-state index in [1.807, 2.05) is 33.8 Å². The molecular weight excluding hydrogens is 782 g/mol. The SMILES string of the molecule is CC[C@H]1OC(=O)C[C@@H](O)[C@H](C)[C@@H](O[C@@H]2OC(C)[C@@H](OC(C)=O)C(N(C)C)C2OC(C)=O)[C@@H](CCO)C[C@@H](C)C(=O)/C=C/C(C)=C/[C@@H]1CO[C@@H]1OC(C)[C@@H](C)[C@H](OC)C1OC. The molecule has 3 aliphatic rings. The lowest BCUT2D eigenvalue weighted by atomic mass is 9.79. The maximum absolute atomic E-state index is 13.8. The van der Waals surface area contributed by atoms with Crippen LogP contribution in [0.3, 0.4) is 0 Å². The van der Waals surface area contributed by atoms with Gasteiger partial charge in [-0.2, -0.15) is 0 Å². The van der Waals surface area contributed by atoms with Crippen LogP contribution in [0.5, 0.6) is 0 Å². The first kappa shape index (κ1) is 51.5. The number of allylic oxidation sites excluding steroid dienone is 3. The van der Waals surface area contributed by atoms with E-state index in [1.54, 1.807) is 60.1 Å². The number of esters is 3. The van der Waals surface area contributed by atoms with Crippen molar-refractivity contribution in [1.29, 1.82) is 0 Å².